The van der Waals surface area contributed by atoms with Gasteiger partial charge in [-0.1, -0.05) is 18.6 Å². The molecule has 1 atom stereocenters. The average Bonchev–Trinajstić information content (AvgIpc) is 2.29. The van der Waals surface area contributed by atoms with Gasteiger partial charge in [-0.25, -0.2) is 0 Å². The van der Waals surface area contributed by atoms with Gasteiger partial charge in [0.05, 0.1) is 0 Å². The molecule has 1 heterocycles. The molecule has 3 heteroatoms. The molecule has 0 aromatic heterocycles. The Kier molecular flexibility index (Phi) is 6.41. The number of nitrogens with zero attached hydrogens (tertiary/aromatic N) is 1. The van der Waals surface area contributed by atoms with E-state index in [1.807, 2.05) is 0 Å². The van der Waals surface area contributed by atoms with Crippen molar-refractivity contribution in [1.29, 1.82) is 0 Å². The van der Waals surface area contributed by atoms with E-state index in [1.54, 1.807) is 0 Å². The van der Waals surface area contributed by atoms with Crippen molar-refractivity contribution in [3.05, 3.63) is 11.6 Å². The third-order valence-corrected chi connectivity index (χ3v) is 3.77. The van der Waals surface area contributed by atoms with Crippen molar-refractivity contribution in [2.75, 3.05) is 19.6 Å². The lowest BCUT2D eigenvalue weighted by Crippen LogP contribution is -2.40. The van der Waals surface area contributed by atoms with Crippen LogP contribution >= 0.6 is 0 Å². The number of likely N-dealkylation sites (tertiary alicyclic amines) is 1. The predicted octanol–water partition coefficient (Wildman–Crippen LogP) is 2.57. The fourth-order valence-electron chi connectivity index (χ4n) is 2.59. The number of amides is 1. The van der Waals surface area contributed by atoms with E-state index in [9.17, 15) is 4.79 Å². The number of piperidine rings is 1. The molecule has 0 aromatic carbocycles. The number of allylic oxidation sites excluding steroid dienone is 2. The van der Waals surface area contributed by atoms with Crippen molar-refractivity contribution in [1.82, 2.24) is 4.90 Å². The van der Waals surface area contributed by atoms with Crippen molar-refractivity contribution in [2.45, 2.75) is 46.5 Å². The zero-order chi connectivity index (χ0) is 13.5. The lowest BCUT2D eigenvalue weighted by Gasteiger charge is -2.32. The minimum Gasteiger partial charge on any atom is -0.369 e. The van der Waals surface area contributed by atoms with E-state index >= 15 is 0 Å². The smallest absolute Gasteiger partial charge is 0.220 e. The molecule has 0 radical (unpaired) electrons. The molecule has 18 heavy (non-hydrogen) atoms. The molecule has 0 aliphatic carbocycles. The predicted molar refractivity (Wildman–Crippen MR) is 76.2 cm³/mol. The fourth-order valence-corrected chi connectivity index (χ4v) is 2.59. The maximum absolute atomic E-state index is 11.1. The molecular weight excluding hydrogens is 224 g/mol. The summed E-state index contributed by atoms with van der Waals surface area (Å²) in [6.07, 6.45) is 6.63. The number of nitrogens with two attached hydrogens (primary N) is 1. The van der Waals surface area contributed by atoms with Crippen LogP contribution in [0.5, 0.6) is 0 Å². The highest BCUT2D eigenvalue weighted by molar-refractivity contribution is 5.76. The van der Waals surface area contributed by atoms with Gasteiger partial charge < -0.3 is 10.6 Å². The lowest BCUT2D eigenvalue weighted by molar-refractivity contribution is -0.123. The Labute approximate surface area is 111 Å². The molecule has 3 nitrogen and oxygen atoms in total. The molecule has 2 N–H and O–H groups in total. The molecule has 0 bridgehead atoms. The minimum absolute atomic E-state index is 0.113. The summed E-state index contributed by atoms with van der Waals surface area (Å²) in [5, 5.41) is 0. The number of carbonyl (C=O) groups is 1. The van der Waals surface area contributed by atoms with Crippen LogP contribution in [0.2, 0.25) is 0 Å². The third-order valence-electron chi connectivity index (χ3n) is 3.77. The number of carbonyl (C=O) groups excluding carboxylic acids is 1. The quantitative estimate of drug-likeness (QED) is 0.739. The van der Waals surface area contributed by atoms with E-state index in [1.165, 1.54) is 18.4 Å². The Morgan fingerprint density at radius 3 is 2.50 bits per heavy atom. The van der Waals surface area contributed by atoms with E-state index in [0.29, 0.717) is 0 Å². The van der Waals surface area contributed by atoms with Crippen molar-refractivity contribution in [3.63, 3.8) is 0 Å². The van der Waals surface area contributed by atoms with Crippen LogP contribution in [-0.4, -0.2) is 30.4 Å². The second kappa shape index (κ2) is 7.57. The fraction of sp³-hybridized carbons (Fsp3) is 0.800. The molecule has 1 aliphatic heterocycles. The van der Waals surface area contributed by atoms with Crippen molar-refractivity contribution < 1.29 is 4.79 Å². The zero-order valence-electron chi connectivity index (χ0n) is 12.1. The van der Waals surface area contributed by atoms with E-state index in [4.69, 9.17) is 5.73 Å². The molecule has 0 aromatic rings. The lowest BCUT2D eigenvalue weighted by atomic mass is 9.95. The first-order valence-electron chi connectivity index (χ1n) is 7.14. The average molecular weight is 252 g/mol. The highest BCUT2D eigenvalue weighted by Crippen LogP contribution is 2.19. The van der Waals surface area contributed by atoms with Gasteiger partial charge in [-0.2, -0.15) is 0 Å². The first-order chi connectivity index (χ1) is 8.49. The van der Waals surface area contributed by atoms with E-state index in [2.05, 4.69) is 31.7 Å². The van der Waals surface area contributed by atoms with Gasteiger partial charge in [-0.05, 0) is 58.5 Å². The molecule has 0 saturated carbocycles. The number of hydrogen-bond donors (Lipinski definition) is 1. The summed E-state index contributed by atoms with van der Waals surface area (Å²) >= 11 is 0. The minimum atomic E-state index is -0.119. The SMILES string of the molecule is CC(C)=CCC[C@H](C)CN1CCC(C(N)=O)CC1. The van der Waals surface area contributed by atoms with Gasteiger partial charge in [0.25, 0.3) is 0 Å². The van der Waals surface area contributed by atoms with E-state index in [0.717, 1.165) is 38.4 Å². The van der Waals surface area contributed by atoms with Crippen molar-refractivity contribution in [3.8, 4) is 0 Å². The number of rotatable bonds is 6. The summed E-state index contributed by atoms with van der Waals surface area (Å²) in [5.41, 5.74) is 6.75. The second-order valence-corrected chi connectivity index (χ2v) is 5.94. The van der Waals surface area contributed by atoms with Crippen LogP contribution < -0.4 is 5.73 Å². The summed E-state index contributed by atoms with van der Waals surface area (Å²) in [6.45, 7) is 9.83. The van der Waals surface area contributed by atoms with Crippen molar-refractivity contribution >= 4 is 5.91 Å². The second-order valence-electron chi connectivity index (χ2n) is 5.94. The van der Waals surface area contributed by atoms with Crippen LogP contribution in [0.3, 0.4) is 0 Å². The topological polar surface area (TPSA) is 46.3 Å². The first kappa shape index (κ1) is 15.2. The summed E-state index contributed by atoms with van der Waals surface area (Å²) in [5.74, 6) is 0.721. The van der Waals surface area contributed by atoms with Gasteiger partial charge in [0, 0.05) is 12.5 Å². The highest BCUT2D eigenvalue weighted by atomic mass is 16.1. The Balaban J connectivity index is 2.20. The molecule has 1 amide bonds. The Morgan fingerprint density at radius 1 is 1.39 bits per heavy atom. The van der Waals surface area contributed by atoms with Gasteiger partial charge in [-0.3, -0.25) is 4.79 Å². The highest BCUT2D eigenvalue weighted by Gasteiger charge is 2.23. The van der Waals surface area contributed by atoms with Crippen molar-refractivity contribution in [2.24, 2.45) is 17.6 Å². The van der Waals surface area contributed by atoms with Crippen LogP contribution in [-0.2, 0) is 4.79 Å². The Morgan fingerprint density at radius 2 is 2.00 bits per heavy atom. The van der Waals surface area contributed by atoms with Gasteiger partial charge >= 0.3 is 0 Å². The van der Waals surface area contributed by atoms with Crippen LogP contribution in [0.15, 0.2) is 11.6 Å². The summed E-state index contributed by atoms with van der Waals surface area (Å²) in [6, 6.07) is 0. The van der Waals surface area contributed by atoms with Crippen LogP contribution in [0.1, 0.15) is 46.5 Å². The van der Waals surface area contributed by atoms with Gasteiger partial charge in [0.1, 0.15) is 0 Å². The van der Waals surface area contributed by atoms with Gasteiger partial charge in [-0.15, -0.1) is 0 Å². The van der Waals surface area contributed by atoms with E-state index < -0.39 is 0 Å². The Bertz CT molecular complexity index is 287. The molecule has 1 rings (SSSR count). The van der Waals surface area contributed by atoms with Gasteiger partial charge in [0.2, 0.25) is 5.91 Å². The van der Waals surface area contributed by atoms with Crippen LogP contribution in [0.4, 0.5) is 0 Å². The largest absolute Gasteiger partial charge is 0.369 e. The zero-order valence-corrected chi connectivity index (χ0v) is 12.1. The maximum Gasteiger partial charge on any atom is 0.220 e. The number of hydrogen-bond acceptors (Lipinski definition) is 2. The van der Waals surface area contributed by atoms with Gasteiger partial charge in [0.15, 0.2) is 0 Å². The Hall–Kier alpha value is -0.830. The summed E-state index contributed by atoms with van der Waals surface area (Å²) in [4.78, 5) is 13.6. The molecule has 104 valence electrons. The standard InChI is InChI=1S/C15H28N2O/c1-12(2)5-4-6-13(3)11-17-9-7-14(8-10-17)15(16)18/h5,13-14H,4,6-11H2,1-3H3,(H2,16,18)/t13-/m0/s1. The molecule has 1 saturated heterocycles. The first-order valence-corrected chi connectivity index (χ1v) is 7.14. The molecular formula is C15H28N2O. The molecule has 0 unspecified atom stereocenters. The molecule has 0 spiro atoms. The normalized spacial score (nSPS) is 19.5. The number of primary amides is 1. The monoisotopic (exact) mass is 252 g/mol. The molecule has 1 fully saturated rings. The summed E-state index contributed by atoms with van der Waals surface area (Å²) < 4.78 is 0. The van der Waals surface area contributed by atoms with Crippen LogP contribution in [0.25, 0.3) is 0 Å². The third kappa shape index (κ3) is 5.67. The van der Waals surface area contributed by atoms with Crippen LogP contribution in [0, 0.1) is 11.8 Å². The maximum atomic E-state index is 11.1. The molecule has 1 aliphatic rings. The van der Waals surface area contributed by atoms with E-state index in [-0.39, 0.29) is 11.8 Å². The summed E-state index contributed by atoms with van der Waals surface area (Å²) in [7, 11) is 0.